The number of aliphatic hydroxyl groups excluding tert-OH is 3. The van der Waals surface area contributed by atoms with Gasteiger partial charge in [0.1, 0.15) is 0 Å². The molecule has 0 fully saturated rings. The molecule has 4 N–H and O–H groups in total. The van der Waals surface area contributed by atoms with Crippen LogP contribution in [0, 0.1) is 0 Å². The maximum atomic E-state index is 12.4. The monoisotopic (exact) mass is 746 g/mol. The molecule has 0 aromatic rings. The second kappa shape index (κ2) is 43.3. The minimum atomic E-state index is -0.957. The zero-order chi connectivity index (χ0) is 38.7. The Balaban J connectivity index is 3.67. The first-order chi connectivity index (χ1) is 26.0. The molecule has 0 bridgehead atoms. The average Bonchev–Trinajstić information content (AvgIpc) is 3.15. The Bertz CT molecular complexity index is 824. The van der Waals surface area contributed by atoms with Gasteiger partial charge in [-0.2, -0.15) is 0 Å². The van der Waals surface area contributed by atoms with Crippen molar-refractivity contribution in [3.8, 4) is 0 Å². The van der Waals surface area contributed by atoms with Crippen molar-refractivity contribution in [1.82, 2.24) is 5.32 Å². The van der Waals surface area contributed by atoms with E-state index in [2.05, 4.69) is 43.5 Å². The van der Waals surface area contributed by atoms with Gasteiger partial charge in [0.25, 0.3) is 0 Å². The quantitative estimate of drug-likeness (QED) is 0.0370. The molecule has 0 saturated carbocycles. The largest absolute Gasteiger partial charge is 0.394 e. The maximum absolute atomic E-state index is 12.4. The zero-order valence-electron chi connectivity index (χ0n) is 35.4. The topological polar surface area (TPSA) is 89.8 Å². The molecule has 312 valence electrons. The SMILES string of the molecule is CCCCCCCCC/C=C/CC/C=C/CC/C=C/C(O)C(CO)NC(=O)CC(O)CCCCCCCCCCCCCCCCCCCCCCC. The standard InChI is InChI=1S/C48H91NO4/c1-3-5-7-9-11-13-15-17-19-21-22-23-24-26-27-29-31-33-35-37-39-41-45(51)43-48(53)49-46(44-50)47(52)42-40-38-36-34-32-30-28-25-20-18-16-14-12-10-8-6-4-2/h20,25,32,34,40,42,45-47,50-52H,3-19,21-24,26-31,33,35-39,41,43-44H2,1-2H3,(H,49,53)/b25-20+,34-32+,42-40+. The first-order valence-electron chi connectivity index (χ1n) is 23.3. The number of aliphatic hydroxyl groups is 3. The van der Waals surface area contributed by atoms with Crippen LogP contribution >= 0.6 is 0 Å². The lowest BCUT2D eigenvalue weighted by molar-refractivity contribution is -0.124. The smallest absolute Gasteiger partial charge is 0.222 e. The summed E-state index contributed by atoms with van der Waals surface area (Å²) in [5.74, 6) is -0.327. The minimum absolute atomic E-state index is 0.00519. The number of hydrogen-bond acceptors (Lipinski definition) is 4. The van der Waals surface area contributed by atoms with Gasteiger partial charge in [-0.3, -0.25) is 4.79 Å². The molecule has 0 aromatic carbocycles. The Morgan fingerprint density at radius 3 is 1.21 bits per heavy atom. The Hall–Kier alpha value is -1.43. The Morgan fingerprint density at radius 1 is 0.472 bits per heavy atom. The van der Waals surface area contributed by atoms with Gasteiger partial charge in [-0.15, -0.1) is 0 Å². The van der Waals surface area contributed by atoms with Crippen LogP contribution in [0.3, 0.4) is 0 Å². The molecule has 0 aromatic heterocycles. The number of carbonyl (C=O) groups is 1. The van der Waals surface area contributed by atoms with E-state index in [1.807, 2.05) is 6.08 Å². The number of hydrogen-bond donors (Lipinski definition) is 4. The molecule has 3 atom stereocenters. The van der Waals surface area contributed by atoms with E-state index in [1.165, 1.54) is 173 Å². The van der Waals surface area contributed by atoms with Crippen LogP contribution in [0.4, 0.5) is 0 Å². The van der Waals surface area contributed by atoms with E-state index in [1.54, 1.807) is 6.08 Å². The molecule has 3 unspecified atom stereocenters. The second-order valence-corrected chi connectivity index (χ2v) is 16.0. The van der Waals surface area contributed by atoms with Crippen molar-refractivity contribution in [3.05, 3.63) is 36.5 Å². The molecule has 0 saturated heterocycles. The lowest BCUT2D eigenvalue weighted by Gasteiger charge is -2.21. The molecule has 53 heavy (non-hydrogen) atoms. The zero-order valence-corrected chi connectivity index (χ0v) is 35.4. The average molecular weight is 746 g/mol. The first-order valence-corrected chi connectivity index (χ1v) is 23.3. The molecule has 0 aliphatic heterocycles. The summed E-state index contributed by atoms with van der Waals surface area (Å²) in [7, 11) is 0. The van der Waals surface area contributed by atoms with Crippen molar-refractivity contribution in [2.45, 2.75) is 257 Å². The van der Waals surface area contributed by atoms with E-state index >= 15 is 0 Å². The molecule has 5 nitrogen and oxygen atoms in total. The molecular formula is C48H91NO4. The van der Waals surface area contributed by atoms with Gasteiger partial charge < -0.3 is 20.6 Å². The van der Waals surface area contributed by atoms with Crippen molar-refractivity contribution >= 4 is 5.91 Å². The summed E-state index contributed by atoms with van der Waals surface area (Å²) in [5.41, 5.74) is 0. The fourth-order valence-corrected chi connectivity index (χ4v) is 7.08. The van der Waals surface area contributed by atoms with Gasteiger partial charge in [0.15, 0.2) is 0 Å². The van der Waals surface area contributed by atoms with Gasteiger partial charge in [0.05, 0.1) is 31.3 Å². The van der Waals surface area contributed by atoms with Gasteiger partial charge in [-0.1, -0.05) is 224 Å². The molecule has 0 rings (SSSR count). The third-order valence-corrected chi connectivity index (χ3v) is 10.7. The fourth-order valence-electron chi connectivity index (χ4n) is 7.08. The molecule has 1 amide bonds. The third kappa shape index (κ3) is 40.1. The number of rotatable bonds is 42. The van der Waals surface area contributed by atoms with Crippen LogP contribution in [0.5, 0.6) is 0 Å². The fraction of sp³-hybridized carbons (Fsp3) is 0.854. The normalized spacial score (nSPS) is 13.8. The Labute approximate surface area is 330 Å². The highest BCUT2D eigenvalue weighted by Gasteiger charge is 2.20. The summed E-state index contributed by atoms with van der Waals surface area (Å²) >= 11 is 0. The van der Waals surface area contributed by atoms with E-state index in [0.717, 1.165) is 38.5 Å². The highest BCUT2D eigenvalue weighted by Crippen LogP contribution is 2.16. The molecule has 0 aliphatic rings. The molecular weight excluding hydrogens is 655 g/mol. The summed E-state index contributed by atoms with van der Waals surface area (Å²) in [4.78, 5) is 12.4. The molecule has 0 radical (unpaired) electrons. The van der Waals surface area contributed by atoms with Gasteiger partial charge in [-0.05, 0) is 44.9 Å². The van der Waals surface area contributed by atoms with Crippen LogP contribution < -0.4 is 5.32 Å². The predicted octanol–water partition coefficient (Wildman–Crippen LogP) is 13.5. The molecule has 5 heteroatoms. The predicted molar refractivity (Wildman–Crippen MR) is 231 cm³/mol. The lowest BCUT2D eigenvalue weighted by Crippen LogP contribution is -2.45. The highest BCUT2D eigenvalue weighted by molar-refractivity contribution is 5.76. The van der Waals surface area contributed by atoms with Crippen LogP contribution in [0.1, 0.15) is 239 Å². The van der Waals surface area contributed by atoms with E-state index in [9.17, 15) is 20.1 Å². The first kappa shape index (κ1) is 51.6. The van der Waals surface area contributed by atoms with Gasteiger partial charge >= 0.3 is 0 Å². The van der Waals surface area contributed by atoms with Crippen molar-refractivity contribution in [2.75, 3.05) is 6.61 Å². The van der Waals surface area contributed by atoms with Crippen LogP contribution in [0.2, 0.25) is 0 Å². The number of nitrogens with one attached hydrogen (secondary N) is 1. The maximum Gasteiger partial charge on any atom is 0.222 e. The van der Waals surface area contributed by atoms with E-state index in [0.29, 0.717) is 6.42 Å². The van der Waals surface area contributed by atoms with Gasteiger partial charge in [-0.25, -0.2) is 0 Å². The van der Waals surface area contributed by atoms with Crippen LogP contribution in [0.15, 0.2) is 36.5 Å². The van der Waals surface area contributed by atoms with E-state index in [4.69, 9.17) is 0 Å². The number of carbonyl (C=O) groups excluding carboxylic acids is 1. The number of amides is 1. The number of unbranched alkanes of at least 4 members (excludes halogenated alkanes) is 29. The second-order valence-electron chi connectivity index (χ2n) is 16.0. The third-order valence-electron chi connectivity index (χ3n) is 10.7. The lowest BCUT2D eigenvalue weighted by atomic mass is 10.0. The van der Waals surface area contributed by atoms with Crippen molar-refractivity contribution in [1.29, 1.82) is 0 Å². The van der Waals surface area contributed by atoms with Crippen LogP contribution in [0.25, 0.3) is 0 Å². The molecule has 0 spiro atoms. The minimum Gasteiger partial charge on any atom is -0.394 e. The molecule has 0 aliphatic carbocycles. The van der Waals surface area contributed by atoms with Crippen molar-refractivity contribution in [3.63, 3.8) is 0 Å². The van der Waals surface area contributed by atoms with E-state index < -0.39 is 18.2 Å². The van der Waals surface area contributed by atoms with Crippen molar-refractivity contribution in [2.24, 2.45) is 0 Å². The summed E-state index contributed by atoms with van der Waals surface area (Å²) in [6, 6.07) is -0.765. The Kier molecular flexibility index (Phi) is 42.1. The number of allylic oxidation sites excluding steroid dienone is 5. The van der Waals surface area contributed by atoms with Crippen LogP contribution in [-0.4, -0.2) is 46.1 Å². The van der Waals surface area contributed by atoms with Crippen molar-refractivity contribution < 1.29 is 20.1 Å². The van der Waals surface area contributed by atoms with Gasteiger partial charge in [0, 0.05) is 0 Å². The molecule has 0 heterocycles. The van der Waals surface area contributed by atoms with E-state index in [-0.39, 0.29) is 18.9 Å². The van der Waals surface area contributed by atoms with Gasteiger partial charge in [0.2, 0.25) is 5.91 Å². The summed E-state index contributed by atoms with van der Waals surface area (Å²) in [5, 5.41) is 33.2. The summed E-state index contributed by atoms with van der Waals surface area (Å²) in [6.45, 7) is 4.20. The highest BCUT2D eigenvalue weighted by atomic mass is 16.3. The van der Waals surface area contributed by atoms with Crippen LogP contribution in [-0.2, 0) is 4.79 Å². The summed E-state index contributed by atoms with van der Waals surface area (Å²) < 4.78 is 0. The Morgan fingerprint density at radius 2 is 0.811 bits per heavy atom. The summed E-state index contributed by atoms with van der Waals surface area (Å²) in [6.07, 6.45) is 54.4.